The van der Waals surface area contributed by atoms with Gasteiger partial charge >= 0.3 is 5.69 Å². The summed E-state index contributed by atoms with van der Waals surface area (Å²) in [6, 6.07) is 10.1. The molecule has 0 fully saturated rings. The van der Waals surface area contributed by atoms with Crippen molar-refractivity contribution < 1.29 is 0 Å². The molecule has 0 aliphatic rings. The molecule has 0 saturated heterocycles. The number of imidazole rings is 1. The van der Waals surface area contributed by atoms with Gasteiger partial charge in [0.05, 0.1) is 0 Å². The summed E-state index contributed by atoms with van der Waals surface area (Å²) in [5.74, 6) is 0.816. The quantitative estimate of drug-likeness (QED) is 0.589. The molecule has 2 aromatic heterocycles. The minimum atomic E-state index is -0.357. The van der Waals surface area contributed by atoms with Crippen LogP contribution >= 0.6 is 12.4 Å². The third kappa shape index (κ3) is 4.16. The highest BCUT2D eigenvalue weighted by Crippen LogP contribution is 2.25. The largest absolute Gasteiger partial charge is 0.332 e. The van der Waals surface area contributed by atoms with Crippen molar-refractivity contribution in [1.29, 1.82) is 0 Å². The number of aromatic nitrogens is 4. The number of benzene rings is 1. The molecule has 0 spiro atoms. The Kier molecular flexibility index (Phi) is 7.43. The lowest BCUT2D eigenvalue weighted by molar-refractivity contribution is 0.290. The van der Waals surface area contributed by atoms with Gasteiger partial charge in [0.25, 0.3) is 5.56 Å². The molecule has 0 radical (unpaired) electrons. The van der Waals surface area contributed by atoms with Crippen molar-refractivity contribution >= 4 is 23.6 Å². The number of hydrogen-bond donors (Lipinski definition) is 0. The van der Waals surface area contributed by atoms with E-state index in [2.05, 4.69) is 37.8 Å². The van der Waals surface area contributed by atoms with Crippen LogP contribution in [0, 0.1) is 0 Å². The molecule has 7 nitrogen and oxygen atoms in total. The van der Waals surface area contributed by atoms with Gasteiger partial charge in [-0.15, -0.1) is 12.4 Å². The Morgan fingerprint density at radius 2 is 1.66 bits per heavy atom. The summed E-state index contributed by atoms with van der Waals surface area (Å²) in [5, 5.41) is 0. The molecule has 1 aromatic carbocycles. The molecular formula is C21H30ClN5O2. The molecular weight excluding hydrogens is 390 g/mol. The van der Waals surface area contributed by atoms with Gasteiger partial charge in [0, 0.05) is 33.1 Å². The summed E-state index contributed by atoms with van der Waals surface area (Å²) in [6.07, 6.45) is 0. The molecule has 0 saturated carbocycles. The number of likely N-dealkylation sites (N-methyl/N-ethyl adjacent to an activating group) is 1. The topological polar surface area (TPSA) is 65.1 Å². The summed E-state index contributed by atoms with van der Waals surface area (Å²) in [6.45, 7) is 9.72. The van der Waals surface area contributed by atoms with E-state index in [1.54, 1.807) is 7.05 Å². The summed E-state index contributed by atoms with van der Waals surface area (Å²) in [7, 11) is 3.19. The smallest absolute Gasteiger partial charge is 0.320 e. The minimum absolute atomic E-state index is 0. The molecule has 0 amide bonds. The average molecular weight is 420 g/mol. The van der Waals surface area contributed by atoms with E-state index in [1.165, 1.54) is 11.6 Å². The van der Waals surface area contributed by atoms with Gasteiger partial charge in [-0.2, -0.15) is 0 Å². The second-order valence-corrected chi connectivity index (χ2v) is 7.16. The van der Waals surface area contributed by atoms with E-state index in [-0.39, 0.29) is 29.6 Å². The van der Waals surface area contributed by atoms with Crippen LogP contribution in [0.4, 0.5) is 0 Å². The molecule has 2 heterocycles. The molecule has 8 heteroatoms. The lowest BCUT2D eigenvalue weighted by atomic mass is 10.0. The SMILES string of the molecule is CCN(CC)CCn1c(C(C)c2ccccc2)nc2c1c(=O)n(C)c(=O)n2C.Cl. The van der Waals surface area contributed by atoms with E-state index in [0.717, 1.165) is 35.6 Å². The Labute approximate surface area is 177 Å². The standard InChI is InChI=1S/C21H29N5O2.ClH/c1-6-25(7-2)13-14-26-17-19(23(4)21(28)24(5)20(17)27)22-18(26)15(3)16-11-9-8-10-12-16;/h8-12,15H,6-7,13-14H2,1-5H3;1H. The Bertz CT molecular complexity index is 1080. The van der Waals surface area contributed by atoms with Gasteiger partial charge in [-0.25, -0.2) is 9.78 Å². The number of halogens is 1. The fourth-order valence-electron chi connectivity index (χ4n) is 3.69. The van der Waals surface area contributed by atoms with Crippen LogP contribution in [0.3, 0.4) is 0 Å². The van der Waals surface area contributed by atoms with Crippen molar-refractivity contribution in [2.24, 2.45) is 14.1 Å². The van der Waals surface area contributed by atoms with Crippen LogP contribution in [0.15, 0.2) is 39.9 Å². The predicted octanol–water partition coefficient (Wildman–Crippen LogP) is 2.35. The first-order valence-electron chi connectivity index (χ1n) is 9.84. The van der Waals surface area contributed by atoms with Crippen LogP contribution in [-0.4, -0.2) is 43.2 Å². The summed E-state index contributed by atoms with van der Waals surface area (Å²) in [4.78, 5) is 32.4. The van der Waals surface area contributed by atoms with Gasteiger partial charge < -0.3 is 9.47 Å². The molecule has 1 unspecified atom stereocenters. The number of aryl methyl sites for hydroxylation is 1. The third-order valence-electron chi connectivity index (χ3n) is 5.60. The van der Waals surface area contributed by atoms with E-state index in [0.29, 0.717) is 17.7 Å². The minimum Gasteiger partial charge on any atom is -0.320 e. The van der Waals surface area contributed by atoms with Crippen molar-refractivity contribution in [3.05, 3.63) is 62.6 Å². The molecule has 1 atom stereocenters. The Morgan fingerprint density at radius 3 is 2.24 bits per heavy atom. The highest BCUT2D eigenvalue weighted by Gasteiger charge is 2.23. The molecule has 158 valence electrons. The number of hydrogen-bond acceptors (Lipinski definition) is 4. The first-order valence-corrected chi connectivity index (χ1v) is 9.84. The Hall–Kier alpha value is -2.38. The zero-order chi connectivity index (χ0) is 20.4. The Balaban J connectivity index is 0.00000300. The van der Waals surface area contributed by atoms with Crippen LogP contribution in [0.5, 0.6) is 0 Å². The first kappa shape index (κ1) is 22.9. The van der Waals surface area contributed by atoms with Gasteiger partial charge in [-0.3, -0.25) is 13.9 Å². The summed E-state index contributed by atoms with van der Waals surface area (Å²) < 4.78 is 4.63. The van der Waals surface area contributed by atoms with Crippen molar-refractivity contribution in [3.63, 3.8) is 0 Å². The monoisotopic (exact) mass is 419 g/mol. The zero-order valence-electron chi connectivity index (χ0n) is 17.8. The first-order chi connectivity index (χ1) is 13.4. The second kappa shape index (κ2) is 9.41. The molecule has 0 aliphatic heterocycles. The van der Waals surface area contributed by atoms with Gasteiger partial charge in [0.1, 0.15) is 5.82 Å². The van der Waals surface area contributed by atoms with Crippen molar-refractivity contribution in [1.82, 2.24) is 23.6 Å². The number of fused-ring (bicyclic) bond motifs is 1. The van der Waals surface area contributed by atoms with E-state index in [9.17, 15) is 9.59 Å². The fraction of sp³-hybridized carbons (Fsp3) is 0.476. The van der Waals surface area contributed by atoms with Crippen molar-refractivity contribution in [2.75, 3.05) is 19.6 Å². The third-order valence-corrected chi connectivity index (χ3v) is 5.60. The zero-order valence-corrected chi connectivity index (χ0v) is 18.6. The maximum Gasteiger partial charge on any atom is 0.332 e. The van der Waals surface area contributed by atoms with E-state index >= 15 is 0 Å². The van der Waals surface area contributed by atoms with Crippen LogP contribution in [0.25, 0.3) is 11.2 Å². The van der Waals surface area contributed by atoms with E-state index < -0.39 is 0 Å². The second-order valence-electron chi connectivity index (χ2n) is 7.16. The number of rotatable bonds is 7. The van der Waals surface area contributed by atoms with Crippen LogP contribution in [0.2, 0.25) is 0 Å². The van der Waals surface area contributed by atoms with E-state index in [1.807, 2.05) is 22.8 Å². The molecule has 0 bridgehead atoms. The van der Waals surface area contributed by atoms with Crippen LogP contribution in [0.1, 0.15) is 38.1 Å². The van der Waals surface area contributed by atoms with Crippen molar-refractivity contribution in [2.45, 2.75) is 33.2 Å². The maximum atomic E-state index is 13.0. The lowest BCUT2D eigenvalue weighted by Gasteiger charge is -2.20. The lowest BCUT2D eigenvalue weighted by Crippen LogP contribution is -2.38. The van der Waals surface area contributed by atoms with Crippen molar-refractivity contribution in [3.8, 4) is 0 Å². The Morgan fingerprint density at radius 1 is 1.03 bits per heavy atom. The molecule has 0 N–H and O–H groups in total. The molecule has 3 aromatic rings. The molecule has 0 aliphatic carbocycles. The van der Waals surface area contributed by atoms with Gasteiger partial charge in [0.2, 0.25) is 0 Å². The molecule has 3 rings (SSSR count). The highest BCUT2D eigenvalue weighted by molar-refractivity contribution is 5.85. The normalized spacial score (nSPS) is 12.3. The molecule has 29 heavy (non-hydrogen) atoms. The van der Waals surface area contributed by atoms with Gasteiger partial charge in [-0.1, -0.05) is 51.1 Å². The number of nitrogens with zero attached hydrogens (tertiary/aromatic N) is 5. The van der Waals surface area contributed by atoms with Crippen LogP contribution in [-0.2, 0) is 20.6 Å². The van der Waals surface area contributed by atoms with Gasteiger partial charge in [-0.05, 0) is 18.7 Å². The summed E-state index contributed by atoms with van der Waals surface area (Å²) >= 11 is 0. The van der Waals surface area contributed by atoms with Crippen LogP contribution < -0.4 is 11.2 Å². The highest BCUT2D eigenvalue weighted by atomic mass is 35.5. The van der Waals surface area contributed by atoms with E-state index in [4.69, 9.17) is 4.98 Å². The van der Waals surface area contributed by atoms with Gasteiger partial charge in [0.15, 0.2) is 11.2 Å². The summed E-state index contributed by atoms with van der Waals surface area (Å²) in [5.41, 5.74) is 1.42. The predicted molar refractivity (Wildman–Crippen MR) is 119 cm³/mol. The fourth-order valence-corrected chi connectivity index (χ4v) is 3.69. The maximum absolute atomic E-state index is 13.0. The average Bonchev–Trinajstić information content (AvgIpc) is 3.11.